The van der Waals surface area contributed by atoms with Crippen LogP contribution in [0.5, 0.6) is 0 Å². The van der Waals surface area contributed by atoms with Crippen LogP contribution in [0.1, 0.15) is 19.3 Å². The first-order valence-electron chi connectivity index (χ1n) is 7.62. The molecule has 7 heteroatoms. The molecule has 1 unspecified atom stereocenters. The zero-order valence-corrected chi connectivity index (χ0v) is 12.8. The molecule has 1 atom stereocenters. The van der Waals surface area contributed by atoms with Crippen molar-refractivity contribution in [1.29, 1.82) is 0 Å². The van der Waals surface area contributed by atoms with Crippen molar-refractivity contribution in [3.05, 3.63) is 0 Å². The van der Waals surface area contributed by atoms with E-state index in [0.29, 0.717) is 19.4 Å². The van der Waals surface area contributed by atoms with Crippen LogP contribution in [0.15, 0.2) is 0 Å². The van der Waals surface area contributed by atoms with E-state index in [1.165, 1.54) is 0 Å². The van der Waals surface area contributed by atoms with E-state index in [2.05, 4.69) is 11.9 Å². The molecule has 2 aliphatic rings. The van der Waals surface area contributed by atoms with E-state index < -0.39 is 11.5 Å². The molecular formula is C14H26N4O3. The number of carbonyl (C=O) groups is 2. The van der Waals surface area contributed by atoms with Crippen molar-refractivity contribution in [2.45, 2.75) is 24.9 Å². The molecule has 2 heterocycles. The fourth-order valence-corrected chi connectivity index (χ4v) is 2.98. The fraction of sp³-hybridized carbons (Fsp3) is 0.857. The first kappa shape index (κ1) is 16.2. The first-order valence-corrected chi connectivity index (χ1v) is 7.62. The molecule has 2 aliphatic heterocycles. The molecule has 2 saturated heterocycles. The number of piperazine rings is 1. The van der Waals surface area contributed by atoms with Gasteiger partial charge in [-0.15, -0.1) is 0 Å². The van der Waals surface area contributed by atoms with Gasteiger partial charge in [0.25, 0.3) is 5.91 Å². The third kappa shape index (κ3) is 4.15. The van der Waals surface area contributed by atoms with Crippen molar-refractivity contribution in [2.75, 3.05) is 52.9 Å². The number of likely N-dealkylation sites (N-methyl/N-ethyl adjacent to an activating group) is 1. The molecule has 0 saturated carbocycles. The van der Waals surface area contributed by atoms with Crippen LogP contribution in [0.2, 0.25) is 0 Å². The monoisotopic (exact) mass is 298 g/mol. The Morgan fingerprint density at radius 1 is 1.19 bits per heavy atom. The number of nitrogens with two attached hydrogens (primary N) is 1. The highest BCUT2D eigenvalue weighted by Crippen LogP contribution is 2.21. The van der Waals surface area contributed by atoms with Gasteiger partial charge < -0.3 is 20.6 Å². The molecule has 0 radical (unpaired) electrons. The van der Waals surface area contributed by atoms with Gasteiger partial charge in [-0.05, 0) is 26.4 Å². The number of hydrogen-bond donors (Lipinski definition) is 2. The minimum Gasteiger partial charge on any atom is -0.379 e. The normalized spacial score (nSPS) is 28.6. The molecule has 3 N–H and O–H groups in total. The Morgan fingerprint density at radius 3 is 2.48 bits per heavy atom. The second kappa shape index (κ2) is 6.72. The number of hydrogen-bond acceptors (Lipinski definition) is 5. The Kier molecular flexibility index (Phi) is 5.18. The summed E-state index contributed by atoms with van der Waals surface area (Å²) in [5, 5.41) is 10.1. The summed E-state index contributed by atoms with van der Waals surface area (Å²) >= 11 is 0. The summed E-state index contributed by atoms with van der Waals surface area (Å²) < 4.78 is 0. The molecule has 2 fully saturated rings. The Labute approximate surface area is 125 Å². The second-order valence-electron chi connectivity index (χ2n) is 6.21. The molecule has 0 aliphatic carbocycles. The van der Waals surface area contributed by atoms with Crippen molar-refractivity contribution in [1.82, 2.24) is 14.7 Å². The number of primary amides is 1. The number of aliphatic hydroxyl groups is 1. The first-order chi connectivity index (χ1) is 9.90. The second-order valence-corrected chi connectivity index (χ2v) is 6.21. The van der Waals surface area contributed by atoms with Gasteiger partial charge in [0.15, 0.2) is 5.60 Å². The van der Waals surface area contributed by atoms with Gasteiger partial charge in [0.1, 0.15) is 0 Å². The van der Waals surface area contributed by atoms with Crippen molar-refractivity contribution in [3.63, 3.8) is 0 Å². The van der Waals surface area contributed by atoms with Crippen LogP contribution in [0.3, 0.4) is 0 Å². The van der Waals surface area contributed by atoms with Gasteiger partial charge in [-0.1, -0.05) is 0 Å². The highest BCUT2D eigenvalue weighted by molar-refractivity contribution is 5.83. The van der Waals surface area contributed by atoms with Gasteiger partial charge in [-0.3, -0.25) is 14.5 Å². The average Bonchev–Trinajstić information content (AvgIpc) is 2.45. The van der Waals surface area contributed by atoms with E-state index >= 15 is 0 Å². The molecule has 0 aromatic heterocycles. The zero-order chi connectivity index (χ0) is 15.5. The van der Waals surface area contributed by atoms with Crippen molar-refractivity contribution < 1.29 is 14.7 Å². The third-order valence-electron chi connectivity index (χ3n) is 4.51. The maximum absolute atomic E-state index is 12.2. The number of nitrogens with zero attached hydrogens (tertiary/aromatic N) is 3. The van der Waals surface area contributed by atoms with Crippen LogP contribution < -0.4 is 5.73 Å². The Bertz CT molecular complexity index is 396. The lowest BCUT2D eigenvalue weighted by Crippen LogP contribution is -2.56. The molecule has 0 bridgehead atoms. The average molecular weight is 298 g/mol. The van der Waals surface area contributed by atoms with Gasteiger partial charge in [0.05, 0.1) is 0 Å². The van der Waals surface area contributed by atoms with E-state index in [0.717, 1.165) is 39.1 Å². The summed E-state index contributed by atoms with van der Waals surface area (Å²) in [6.45, 7) is 4.99. The quantitative estimate of drug-likeness (QED) is 0.657. The maximum atomic E-state index is 12.2. The zero-order valence-electron chi connectivity index (χ0n) is 12.8. The van der Waals surface area contributed by atoms with Crippen molar-refractivity contribution >= 4 is 11.8 Å². The van der Waals surface area contributed by atoms with Gasteiger partial charge in [-0.25, -0.2) is 0 Å². The number of carbonyl (C=O) groups excluding carboxylic acids is 2. The molecule has 2 rings (SSSR count). The van der Waals surface area contributed by atoms with Crippen molar-refractivity contribution in [2.24, 2.45) is 5.73 Å². The summed E-state index contributed by atoms with van der Waals surface area (Å²) in [4.78, 5) is 29.5. The minimum atomic E-state index is -1.44. The number of likely N-dealkylation sites (tertiary alicyclic amines) is 1. The highest BCUT2D eigenvalue weighted by Gasteiger charge is 2.38. The SMILES string of the molecule is CN1CCN(C(=O)CCN2CCCC(O)(C(N)=O)C2)CC1. The molecule has 0 spiro atoms. The maximum Gasteiger partial charge on any atom is 0.250 e. The van der Waals surface area contributed by atoms with Crippen LogP contribution in [0.4, 0.5) is 0 Å². The molecule has 120 valence electrons. The minimum absolute atomic E-state index is 0.149. The lowest BCUT2D eigenvalue weighted by Gasteiger charge is -2.37. The predicted molar refractivity (Wildman–Crippen MR) is 78.5 cm³/mol. The van der Waals surface area contributed by atoms with E-state index in [1.807, 2.05) is 9.80 Å². The third-order valence-corrected chi connectivity index (χ3v) is 4.51. The Balaban J connectivity index is 1.77. The van der Waals surface area contributed by atoms with Crippen LogP contribution in [-0.2, 0) is 9.59 Å². The van der Waals surface area contributed by atoms with E-state index in [1.54, 1.807) is 0 Å². The topological polar surface area (TPSA) is 90.1 Å². The van der Waals surface area contributed by atoms with Gasteiger partial charge in [0, 0.05) is 45.7 Å². The summed E-state index contributed by atoms with van der Waals surface area (Å²) in [7, 11) is 2.06. The number of rotatable bonds is 4. The molecule has 2 amide bonds. The largest absolute Gasteiger partial charge is 0.379 e. The van der Waals surface area contributed by atoms with Gasteiger partial charge in [0.2, 0.25) is 5.91 Å². The smallest absolute Gasteiger partial charge is 0.250 e. The predicted octanol–water partition coefficient (Wildman–Crippen LogP) is -1.54. The van der Waals surface area contributed by atoms with Crippen molar-refractivity contribution in [3.8, 4) is 0 Å². The Hall–Kier alpha value is -1.18. The van der Waals surface area contributed by atoms with E-state index in [4.69, 9.17) is 5.73 Å². The molecule has 7 nitrogen and oxygen atoms in total. The van der Waals surface area contributed by atoms with Crippen LogP contribution in [0, 0.1) is 0 Å². The molecular weight excluding hydrogens is 272 g/mol. The van der Waals surface area contributed by atoms with Gasteiger partial charge in [-0.2, -0.15) is 0 Å². The number of amides is 2. The molecule has 0 aromatic carbocycles. The molecule has 21 heavy (non-hydrogen) atoms. The number of piperidine rings is 1. The van der Waals surface area contributed by atoms with Crippen LogP contribution in [-0.4, -0.2) is 90.1 Å². The summed E-state index contributed by atoms with van der Waals surface area (Å²) in [6.07, 6.45) is 1.56. The summed E-state index contributed by atoms with van der Waals surface area (Å²) in [5.74, 6) is -0.520. The van der Waals surface area contributed by atoms with E-state index in [-0.39, 0.29) is 12.5 Å². The summed E-state index contributed by atoms with van der Waals surface area (Å²) in [5.41, 5.74) is 3.82. The fourth-order valence-electron chi connectivity index (χ4n) is 2.98. The standard InChI is InChI=1S/C14H26N4O3/c1-16-7-9-18(10-8-16)12(19)3-6-17-5-2-4-14(21,11-17)13(15)20/h21H,2-11H2,1H3,(H2,15,20). The van der Waals surface area contributed by atoms with E-state index in [9.17, 15) is 14.7 Å². The van der Waals surface area contributed by atoms with Gasteiger partial charge >= 0.3 is 0 Å². The molecule has 0 aromatic rings. The summed E-state index contributed by atoms with van der Waals surface area (Å²) in [6, 6.07) is 0. The lowest BCUT2D eigenvalue weighted by atomic mass is 9.92. The number of β-amino-alcohol motifs (C(OH)–C–C–N with tert-alkyl or cyclic N) is 1. The Morgan fingerprint density at radius 2 is 1.86 bits per heavy atom. The lowest BCUT2D eigenvalue weighted by molar-refractivity contribution is -0.142. The van der Waals surface area contributed by atoms with Crippen LogP contribution >= 0.6 is 0 Å². The highest BCUT2D eigenvalue weighted by atomic mass is 16.3. The van der Waals surface area contributed by atoms with Crippen LogP contribution in [0.25, 0.3) is 0 Å².